The van der Waals surface area contributed by atoms with Gasteiger partial charge in [0.25, 0.3) is 5.91 Å². The van der Waals surface area contributed by atoms with Gasteiger partial charge in [-0.05, 0) is 39.3 Å². The van der Waals surface area contributed by atoms with Gasteiger partial charge in [0, 0.05) is 13.1 Å². The van der Waals surface area contributed by atoms with Crippen molar-refractivity contribution >= 4 is 5.91 Å². The number of hydrogen-bond acceptors (Lipinski definition) is 6. The molecule has 1 saturated heterocycles. The highest BCUT2D eigenvalue weighted by Gasteiger charge is 2.33. The third kappa shape index (κ3) is 2.72. The lowest BCUT2D eigenvalue weighted by Gasteiger charge is -2.29. The number of aryl methyl sites for hydroxylation is 1. The van der Waals surface area contributed by atoms with Crippen LogP contribution in [0.5, 0.6) is 0 Å². The van der Waals surface area contributed by atoms with Crippen molar-refractivity contribution in [2.75, 3.05) is 20.1 Å². The van der Waals surface area contributed by atoms with E-state index in [9.17, 15) is 4.79 Å². The van der Waals surface area contributed by atoms with Crippen LogP contribution in [0.2, 0.25) is 0 Å². The lowest BCUT2D eigenvalue weighted by molar-refractivity contribution is 0.0702. The fourth-order valence-electron chi connectivity index (χ4n) is 4.04. The highest BCUT2D eigenvalue weighted by Crippen LogP contribution is 2.31. The molecule has 1 amide bonds. The number of carbonyl (C=O) groups is 1. The quantitative estimate of drug-likeness (QED) is 0.836. The van der Waals surface area contributed by atoms with E-state index in [0.717, 1.165) is 36.9 Å². The molecule has 4 heterocycles. The fourth-order valence-corrected chi connectivity index (χ4v) is 4.04. The molecule has 2 aliphatic rings. The molecule has 140 valence electrons. The van der Waals surface area contributed by atoms with Crippen molar-refractivity contribution in [3.63, 3.8) is 0 Å². The topological polar surface area (TPSA) is 80.3 Å². The van der Waals surface area contributed by atoms with E-state index in [2.05, 4.69) is 31.9 Å². The molecule has 0 radical (unpaired) electrons. The Morgan fingerprint density at radius 1 is 1.23 bits per heavy atom. The molecule has 2 aromatic heterocycles. The highest BCUT2D eigenvalue weighted by molar-refractivity contribution is 5.96. The molecule has 26 heavy (non-hydrogen) atoms. The van der Waals surface area contributed by atoms with Crippen LogP contribution in [0, 0.1) is 6.92 Å². The summed E-state index contributed by atoms with van der Waals surface area (Å²) < 4.78 is 7.48. The zero-order valence-corrected chi connectivity index (χ0v) is 15.9. The first-order valence-corrected chi connectivity index (χ1v) is 9.35. The third-order valence-electron chi connectivity index (χ3n) is 5.54. The van der Waals surface area contributed by atoms with Crippen molar-refractivity contribution < 1.29 is 9.32 Å². The molecule has 0 bridgehead atoms. The Bertz CT molecular complexity index is 824. The summed E-state index contributed by atoms with van der Waals surface area (Å²) in [5, 5.41) is 12.9. The normalized spacial score (nSPS) is 20.8. The van der Waals surface area contributed by atoms with Crippen LogP contribution in [0.3, 0.4) is 0 Å². The van der Waals surface area contributed by atoms with Crippen LogP contribution in [0.15, 0.2) is 4.52 Å². The van der Waals surface area contributed by atoms with Crippen molar-refractivity contribution in [1.82, 2.24) is 29.7 Å². The Hall–Kier alpha value is -2.22. The first kappa shape index (κ1) is 17.2. The minimum Gasteiger partial charge on any atom is -0.361 e. The summed E-state index contributed by atoms with van der Waals surface area (Å²) in [5.74, 6) is 2.60. The number of fused-ring (bicyclic) bond motifs is 1. The molecular weight excluding hydrogens is 332 g/mol. The Labute approximate surface area is 153 Å². The monoisotopic (exact) mass is 358 g/mol. The van der Waals surface area contributed by atoms with E-state index in [0.29, 0.717) is 30.5 Å². The van der Waals surface area contributed by atoms with Gasteiger partial charge < -0.3 is 14.0 Å². The van der Waals surface area contributed by atoms with Gasteiger partial charge in [0.05, 0.1) is 18.3 Å². The Morgan fingerprint density at radius 2 is 2.04 bits per heavy atom. The summed E-state index contributed by atoms with van der Waals surface area (Å²) in [6.07, 6.45) is 2.31. The Balaban J connectivity index is 1.57. The number of rotatable bonds is 3. The minimum atomic E-state index is -0.0266. The van der Waals surface area contributed by atoms with E-state index in [1.165, 1.54) is 6.42 Å². The zero-order chi connectivity index (χ0) is 18.4. The molecule has 8 nitrogen and oxygen atoms in total. The first-order chi connectivity index (χ1) is 12.5. The molecule has 4 rings (SSSR count). The lowest BCUT2D eigenvalue weighted by Crippen LogP contribution is -2.39. The molecule has 2 aromatic rings. The van der Waals surface area contributed by atoms with Crippen LogP contribution >= 0.6 is 0 Å². The Kier molecular flexibility index (Phi) is 4.30. The van der Waals surface area contributed by atoms with E-state index in [1.807, 2.05) is 18.7 Å². The maximum Gasteiger partial charge on any atom is 0.259 e. The van der Waals surface area contributed by atoms with Gasteiger partial charge in [-0.1, -0.05) is 19.0 Å². The number of likely N-dealkylation sites (tertiary alicyclic amines) is 1. The molecule has 2 aliphatic heterocycles. The number of hydrogen-bond donors (Lipinski definition) is 0. The predicted molar refractivity (Wildman–Crippen MR) is 94.7 cm³/mol. The van der Waals surface area contributed by atoms with Gasteiger partial charge in [-0.2, -0.15) is 0 Å². The van der Waals surface area contributed by atoms with Crippen LogP contribution in [0.4, 0.5) is 0 Å². The van der Waals surface area contributed by atoms with Crippen molar-refractivity contribution in [2.45, 2.75) is 58.7 Å². The second-order valence-electron chi connectivity index (χ2n) is 7.65. The van der Waals surface area contributed by atoms with Crippen molar-refractivity contribution in [3.8, 4) is 0 Å². The van der Waals surface area contributed by atoms with E-state index < -0.39 is 0 Å². The molecular formula is C18H26N6O2. The van der Waals surface area contributed by atoms with Crippen LogP contribution in [0.25, 0.3) is 0 Å². The number of aromatic nitrogens is 4. The smallest absolute Gasteiger partial charge is 0.259 e. The number of carbonyl (C=O) groups excluding carboxylic acids is 1. The lowest BCUT2D eigenvalue weighted by atomic mass is 10.0. The second kappa shape index (κ2) is 6.50. The third-order valence-corrected chi connectivity index (χ3v) is 5.54. The summed E-state index contributed by atoms with van der Waals surface area (Å²) >= 11 is 0. The zero-order valence-electron chi connectivity index (χ0n) is 15.9. The highest BCUT2D eigenvalue weighted by atomic mass is 16.5. The van der Waals surface area contributed by atoms with Gasteiger partial charge in [-0.25, -0.2) is 0 Å². The first-order valence-electron chi connectivity index (χ1n) is 9.35. The average Bonchev–Trinajstić information content (AvgIpc) is 3.31. The molecule has 1 fully saturated rings. The summed E-state index contributed by atoms with van der Waals surface area (Å²) in [7, 11) is 2.14. The van der Waals surface area contributed by atoms with Gasteiger partial charge in [-0.3, -0.25) is 9.69 Å². The number of amides is 1. The van der Waals surface area contributed by atoms with Gasteiger partial charge >= 0.3 is 0 Å². The van der Waals surface area contributed by atoms with Gasteiger partial charge in [-0.15, -0.1) is 10.2 Å². The minimum absolute atomic E-state index is 0.0266. The van der Waals surface area contributed by atoms with Crippen LogP contribution in [-0.2, 0) is 13.1 Å². The number of nitrogens with zero attached hydrogens (tertiary/aromatic N) is 6. The van der Waals surface area contributed by atoms with Crippen LogP contribution in [0.1, 0.15) is 72.1 Å². The standard InChI is InChI=1S/C18H26N6O2/c1-11(2)16-15(12(3)26-21-16)18(25)23-8-9-24-14(10-23)19-20-17(24)13-6-5-7-22(13)4/h11,13H,5-10H2,1-4H3. The molecule has 1 unspecified atom stereocenters. The van der Waals surface area contributed by atoms with Crippen molar-refractivity contribution in [3.05, 3.63) is 28.7 Å². The van der Waals surface area contributed by atoms with Gasteiger partial charge in [0.15, 0.2) is 11.6 Å². The average molecular weight is 358 g/mol. The fraction of sp³-hybridized carbons (Fsp3) is 0.667. The van der Waals surface area contributed by atoms with Crippen LogP contribution < -0.4 is 0 Å². The van der Waals surface area contributed by atoms with E-state index in [4.69, 9.17) is 4.52 Å². The summed E-state index contributed by atoms with van der Waals surface area (Å²) in [6, 6.07) is 0.339. The summed E-state index contributed by atoms with van der Waals surface area (Å²) in [4.78, 5) is 17.3. The molecule has 0 saturated carbocycles. The predicted octanol–water partition coefficient (Wildman–Crippen LogP) is 2.12. The maximum absolute atomic E-state index is 13.1. The largest absolute Gasteiger partial charge is 0.361 e. The van der Waals surface area contributed by atoms with E-state index >= 15 is 0 Å². The molecule has 8 heteroatoms. The van der Waals surface area contributed by atoms with E-state index in [-0.39, 0.29) is 11.8 Å². The van der Waals surface area contributed by atoms with Crippen molar-refractivity contribution in [1.29, 1.82) is 0 Å². The van der Waals surface area contributed by atoms with Gasteiger partial charge in [0.1, 0.15) is 11.3 Å². The molecule has 0 N–H and O–H groups in total. The summed E-state index contributed by atoms with van der Waals surface area (Å²) in [6.45, 7) is 8.79. The molecule has 1 atom stereocenters. The van der Waals surface area contributed by atoms with Gasteiger partial charge in [0.2, 0.25) is 0 Å². The second-order valence-corrected chi connectivity index (χ2v) is 7.65. The van der Waals surface area contributed by atoms with Crippen molar-refractivity contribution in [2.24, 2.45) is 0 Å². The summed E-state index contributed by atoms with van der Waals surface area (Å²) in [5.41, 5.74) is 1.33. The maximum atomic E-state index is 13.1. The molecule has 0 aliphatic carbocycles. The SMILES string of the molecule is Cc1onc(C(C)C)c1C(=O)N1CCn2c(nnc2C2CCCN2C)C1. The molecule has 0 spiro atoms. The van der Waals surface area contributed by atoms with Crippen LogP contribution in [-0.4, -0.2) is 55.8 Å². The molecule has 0 aromatic carbocycles. The van der Waals surface area contributed by atoms with E-state index in [1.54, 1.807) is 6.92 Å². The Morgan fingerprint density at radius 3 is 2.73 bits per heavy atom.